The van der Waals surface area contributed by atoms with Crippen LogP contribution in [-0.2, 0) is 6.61 Å². The molecule has 1 amide bonds. The molecule has 0 radical (unpaired) electrons. The summed E-state index contributed by atoms with van der Waals surface area (Å²) < 4.78 is 13.0. The van der Waals surface area contributed by atoms with E-state index in [0.717, 1.165) is 6.07 Å². The van der Waals surface area contributed by atoms with Crippen LogP contribution in [0.1, 0.15) is 15.9 Å². The van der Waals surface area contributed by atoms with Crippen LogP contribution in [0.5, 0.6) is 0 Å². The van der Waals surface area contributed by atoms with Crippen LogP contribution in [0.2, 0.25) is 5.02 Å². The average molecular weight is 280 g/mol. The molecule has 0 aromatic heterocycles. The average Bonchev–Trinajstić information content (AvgIpc) is 2.42. The van der Waals surface area contributed by atoms with E-state index in [1.54, 1.807) is 24.3 Å². The van der Waals surface area contributed by atoms with Gasteiger partial charge in [-0.3, -0.25) is 4.79 Å². The second-order valence-electron chi connectivity index (χ2n) is 3.94. The Morgan fingerprint density at radius 2 is 2.05 bits per heavy atom. The van der Waals surface area contributed by atoms with Crippen LogP contribution in [0, 0.1) is 5.82 Å². The fourth-order valence-corrected chi connectivity index (χ4v) is 1.77. The first kappa shape index (κ1) is 13.5. The molecule has 0 unspecified atom stereocenters. The number of halogens is 2. The van der Waals surface area contributed by atoms with E-state index in [9.17, 15) is 9.18 Å². The van der Waals surface area contributed by atoms with Gasteiger partial charge < -0.3 is 10.4 Å². The number of aliphatic hydroxyl groups is 1. The standard InChI is InChI=1S/C14H11ClFNO2/c15-12-7-10(4-5-13(12)16)14(19)17-11-3-1-2-9(6-11)8-18/h1-7,18H,8H2,(H,17,19). The lowest BCUT2D eigenvalue weighted by molar-refractivity contribution is 0.102. The zero-order chi connectivity index (χ0) is 13.8. The van der Waals surface area contributed by atoms with Gasteiger partial charge >= 0.3 is 0 Å². The summed E-state index contributed by atoms with van der Waals surface area (Å²) in [5, 5.41) is 11.6. The molecule has 19 heavy (non-hydrogen) atoms. The third kappa shape index (κ3) is 3.30. The quantitative estimate of drug-likeness (QED) is 0.906. The number of benzene rings is 2. The summed E-state index contributed by atoms with van der Waals surface area (Å²) in [6.45, 7) is -0.105. The zero-order valence-electron chi connectivity index (χ0n) is 9.86. The van der Waals surface area contributed by atoms with Gasteiger partial charge in [0.05, 0.1) is 11.6 Å². The predicted molar refractivity (Wildman–Crippen MR) is 71.7 cm³/mol. The Bertz CT molecular complexity index is 616. The van der Waals surface area contributed by atoms with Gasteiger partial charge in [-0.05, 0) is 35.9 Å². The van der Waals surface area contributed by atoms with Crippen LogP contribution < -0.4 is 5.32 Å². The lowest BCUT2D eigenvalue weighted by Gasteiger charge is -2.07. The highest BCUT2D eigenvalue weighted by Gasteiger charge is 2.09. The van der Waals surface area contributed by atoms with Crippen LogP contribution >= 0.6 is 11.6 Å². The first-order chi connectivity index (χ1) is 9.10. The van der Waals surface area contributed by atoms with Crippen molar-refractivity contribution in [3.05, 3.63) is 64.4 Å². The Balaban J connectivity index is 2.18. The number of amides is 1. The van der Waals surface area contributed by atoms with Gasteiger partial charge in [-0.1, -0.05) is 23.7 Å². The van der Waals surface area contributed by atoms with Crippen molar-refractivity contribution in [2.75, 3.05) is 5.32 Å². The van der Waals surface area contributed by atoms with E-state index in [0.29, 0.717) is 11.3 Å². The maximum Gasteiger partial charge on any atom is 0.255 e. The van der Waals surface area contributed by atoms with Gasteiger partial charge in [0.25, 0.3) is 5.91 Å². The number of aliphatic hydroxyl groups excluding tert-OH is 1. The second-order valence-corrected chi connectivity index (χ2v) is 4.35. The molecule has 0 aliphatic rings. The molecule has 5 heteroatoms. The lowest BCUT2D eigenvalue weighted by atomic mass is 10.2. The molecule has 0 heterocycles. The third-order valence-corrected chi connectivity index (χ3v) is 2.84. The molecule has 0 saturated heterocycles. The summed E-state index contributed by atoms with van der Waals surface area (Å²) in [6.07, 6.45) is 0. The Hall–Kier alpha value is -1.91. The van der Waals surface area contributed by atoms with E-state index in [1.165, 1.54) is 12.1 Å². The van der Waals surface area contributed by atoms with Gasteiger partial charge in [-0.15, -0.1) is 0 Å². The predicted octanol–water partition coefficient (Wildman–Crippen LogP) is 3.22. The third-order valence-electron chi connectivity index (χ3n) is 2.55. The first-order valence-corrected chi connectivity index (χ1v) is 5.94. The van der Waals surface area contributed by atoms with Gasteiger partial charge in [-0.2, -0.15) is 0 Å². The van der Waals surface area contributed by atoms with Crippen LogP contribution in [0.3, 0.4) is 0 Å². The molecule has 0 bridgehead atoms. The molecule has 0 aliphatic carbocycles. The fourth-order valence-electron chi connectivity index (χ4n) is 1.59. The summed E-state index contributed by atoms with van der Waals surface area (Å²) in [6, 6.07) is 10.6. The van der Waals surface area contributed by atoms with Crippen molar-refractivity contribution >= 4 is 23.2 Å². The Morgan fingerprint density at radius 1 is 1.26 bits per heavy atom. The second kappa shape index (κ2) is 5.82. The van der Waals surface area contributed by atoms with Crippen molar-refractivity contribution in [2.45, 2.75) is 6.61 Å². The van der Waals surface area contributed by atoms with Crippen LogP contribution in [0.4, 0.5) is 10.1 Å². The number of rotatable bonds is 3. The lowest BCUT2D eigenvalue weighted by Crippen LogP contribution is -2.12. The van der Waals surface area contributed by atoms with Crippen molar-refractivity contribution in [3.8, 4) is 0 Å². The number of hydrogen-bond acceptors (Lipinski definition) is 2. The molecule has 2 N–H and O–H groups in total. The van der Waals surface area contributed by atoms with Gasteiger partial charge in [0.1, 0.15) is 5.82 Å². The summed E-state index contributed by atoms with van der Waals surface area (Å²) in [7, 11) is 0. The van der Waals surface area contributed by atoms with E-state index >= 15 is 0 Å². The van der Waals surface area contributed by atoms with E-state index < -0.39 is 11.7 Å². The van der Waals surface area contributed by atoms with E-state index in [1.807, 2.05) is 0 Å². The molecule has 0 fully saturated rings. The molecule has 0 saturated carbocycles. The molecular weight excluding hydrogens is 269 g/mol. The Kier molecular flexibility index (Phi) is 4.14. The van der Waals surface area contributed by atoms with E-state index in [4.69, 9.17) is 16.7 Å². The van der Waals surface area contributed by atoms with Crippen molar-refractivity contribution in [2.24, 2.45) is 0 Å². The molecule has 0 spiro atoms. The monoisotopic (exact) mass is 279 g/mol. The smallest absolute Gasteiger partial charge is 0.255 e. The first-order valence-electron chi connectivity index (χ1n) is 5.56. The normalized spacial score (nSPS) is 10.3. The molecule has 2 aromatic rings. The van der Waals surface area contributed by atoms with Crippen molar-refractivity contribution < 1.29 is 14.3 Å². The van der Waals surface area contributed by atoms with Crippen molar-refractivity contribution in [1.82, 2.24) is 0 Å². The Morgan fingerprint density at radius 3 is 2.74 bits per heavy atom. The van der Waals surface area contributed by atoms with Crippen molar-refractivity contribution in [1.29, 1.82) is 0 Å². The van der Waals surface area contributed by atoms with Crippen LogP contribution in [0.25, 0.3) is 0 Å². The number of hydrogen-bond donors (Lipinski definition) is 2. The minimum absolute atomic E-state index is 0.100. The number of nitrogens with one attached hydrogen (secondary N) is 1. The van der Waals surface area contributed by atoms with Gasteiger partial charge in [0.2, 0.25) is 0 Å². The minimum atomic E-state index is -0.569. The fraction of sp³-hybridized carbons (Fsp3) is 0.0714. The van der Waals surface area contributed by atoms with Crippen molar-refractivity contribution in [3.63, 3.8) is 0 Å². The highest BCUT2D eigenvalue weighted by Crippen LogP contribution is 2.18. The van der Waals surface area contributed by atoms with E-state index in [-0.39, 0.29) is 17.2 Å². The van der Waals surface area contributed by atoms with Crippen LogP contribution in [0.15, 0.2) is 42.5 Å². The maximum atomic E-state index is 13.0. The maximum absolute atomic E-state index is 13.0. The molecule has 3 nitrogen and oxygen atoms in total. The Labute approximate surface area is 114 Å². The molecule has 2 aromatic carbocycles. The summed E-state index contributed by atoms with van der Waals surface area (Å²) in [5.41, 5.74) is 1.51. The SMILES string of the molecule is O=C(Nc1cccc(CO)c1)c1ccc(F)c(Cl)c1. The number of carbonyl (C=O) groups excluding carboxylic acids is 1. The summed E-state index contributed by atoms with van der Waals surface area (Å²) in [5.74, 6) is -0.961. The topological polar surface area (TPSA) is 49.3 Å². The van der Waals surface area contributed by atoms with E-state index in [2.05, 4.69) is 5.32 Å². The molecule has 0 aliphatic heterocycles. The summed E-state index contributed by atoms with van der Waals surface area (Å²) >= 11 is 5.62. The highest BCUT2D eigenvalue weighted by molar-refractivity contribution is 6.31. The molecule has 0 atom stereocenters. The largest absolute Gasteiger partial charge is 0.392 e. The number of anilines is 1. The molecule has 98 valence electrons. The molecule has 2 rings (SSSR count). The number of carbonyl (C=O) groups is 1. The highest BCUT2D eigenvalue weighted by atomic mass is 35.5. The zero-order valence-corrected chi connectivity index (χ0v) is 10.6. The minimum Gasteiger partial charge on any atom is -0.392 e. The molecular formula is C14H11ClFNO2. The van der Waals surface area contributed by atoms with Gasteiger partial charge in [-0.25, -0.2) is 4.39 Å². The van der Waals surface area contributed by atoms with Gasteiger partial charge in [0.15, 0.2) is 0 Å². The van der Waals surface area contributed by atoms with Gasteiger partial charge in [0, 0.05) is 11.3 Å². The van der Waals surface area contributed by atoms with Crippen LogP contribution in [-0.4, -0.2) is 11.0 Å². The summed E-state index contributed by atoms with van der Waals surface area (Å²) in [4.78, 5) is 11.9.